The summed E-state index contributed by atoms with van der Waals surface area (Å²) in [6.07, 6.45) is 0. The minimum atomic E-state index is -0.927. The molecule has 146 valence electrons. The Hall–Kier alpha value is -3.47. The Kier molecular flexibility index (Phi) is 5.84. The lowest BCUT2D eigenvalue weighted by molar-refractivity contribution is -0.385. The molecule has 0 aliphatic carbocycles. The van der Waals surface area contributed by atoms with Gasteiger partial charge in [-0.05, 0) is 18.4 Å². The maximum atomic E-state index is 12.4. The molecular weight excluding hydrogens is 390 g/mol. The van der Waals surface area contributed by atoms with Crippen LogP contribution in [-0.2, 0) is 11.3 Å². The first-order valence-electron chi connectivity index (χ1n) is 8.06. The van der Waals surface area contributed by atoms with E-state index in [1.165, 1.54) is 24.5 Å². The van der Waals surface area contributed by atoms with Crippen LogP contribution in [0.3, 0.4) is 0 Å². The lowest BCUT2D eigenvalue weighted by Gasteiger charge is -2.11. The number of hydrogen-bond acceptors (Lipinski definition) is 10. The maximum absolute atomic E-state index is 12.4. The number of methoxy groups -OCH3 is 1. The molecule has 2 heterocycles. The molecule has 0 spiro atoms. The van der Waals surface area contributed by atoms with Crippen LogP contribution >= 0.6 is 11.3 Å². The number of aromatic nitrogens is 2. The van der Waals surface area contributed by atoms with Gasteiger partial charge in [0.25, 0.3) is 11.6 Å². The summed E-state index contributed by atoms with van der Waals surface area (Å²) in [5, 5.41) is 17.0. The molecule has 0 fully saturated rings. The van der Waals surface area contributed by atoms with Crippen LogP contribution in [-0.4, -0.2) is 34.7 Å². The Bertz CT molecular complexity index is 985. The van der Waals surface area contributed by atoms with Gasteiger partial charge in [-0.1, -0.05) is 11.2 Å². The van der Waals surface area contributed by atoms with Gasteiger partial charge >= 0.3 is 5.97 Å². The number of esters is 1. The SMILES string of the molecule is CCOc1cc([N+](=O)[O-])c(C(=O)OCc2nc(-c3cccs3)no2)cc1OC. The van der Waals surface area contributed by atoms with Crippen LogP contribution in [0.1, 0.15) is 23.2 Å². The largest absolute Gasteiger partial charge is 0.493 e. The van der Waals surface area contributed by atoms with Crippen molar-refractivity contribution in [1.82, 2.24) is 10.1 Å². The number of nitro groups is 1. The van der Waals surface area contributed by atoms with Gasteiger partial charge < -0.3 is 18.7 Å². The monoisotopic (exact) mass is 405 g/mol. The van der Waals surface area contributed by atoms with E-state index in [2.05, 4.69) is 10.1 Å². The molecule has 2 aromatic heterocycles. The lowest BCUT2D eigenvalue weighted by atomic mass is 10.1. The second-order valence-electron chi connectivity index (χ2n) is 5.28. The molecule has 0 saturated carbocycles. The van der Waals surface area contributed by atoms with Crippen molar-refractivity contribution in [3.05, 3.63) is 51.2 Å². The molecule has 3 rings (SSSR count). The van der Waals surface area contributed by atoms with Crippen molar-refractivity contribution in [1.29, 1.82) is 0 Å². The molecule has 1 aromatic carbocycles. The number of ether oxygens (including phenoxy) is 3. The van der Waals surface area contributed by atoms with Gasteiger partial charge in [0.2, 0.25) is 5.82 Å². The number of hydrogen-bond donors (Lipinski definition) is 0. The van der Waals surface area contributed by atoms with Crippen molar-refractivity contribution in [3.63, 3.8) is 0 Å². The second-order valence-corrected chi connectivity index (χ2v) is 6.22. The highest BCUT2D eigenvalue weighted by Crippen LogP contribution is 2.35. The fourth-order valence-electron chi connectivity index (χ4n) is 2.32. The fourth-order valence-corrected chi connectivity index (χ4v) is 2.97. The van der Waals surface area contributed by atoms with Gasteiger partial charge in [0.15, 0.2) is 18.1 Å². The summed E-state index contributed by atoms with van der Waals surface area (Å²) in [4.78, 5) is 28.0. The van der Waals surface area contributed by atoms with Crippen molar-refractivity contribution in [2.45, 2.75) is 13.5 Å². The zero-order valence-electron chi connectivity index (χ0n) is 14.9. The van der Waals surface area contributed by atoms with Crippen molar-refractivity contribution in [2.24, 2.45) is 0 Å². The maximum Gasteiger partial charge on any atom is 0.345 e. The van der Waals surface area contributed by atoms with Crippen molar-refractivity contribution < 1.29 is 28.5 Å². The predicted octanol–water partition coefficient (Wildman–Crippen LogP) is 3.47. The number of nitro benzene ring substituents is 1. The van der Waals surface area contributed by atoms with Gasteiger partial charge in [0.05, 0.1) is 29.6 Å². The molecule has 28 heavy (non-hydrogen) atoms. The summed E-state index contributed by atoms with van der Waals surface area (Å²) < 4.78 is 20.6. The van der Waals surface area contributed by atoms with Crippen molar-refractivity contribution >= 4 is 23.0 Å². The minimum absolute atomic E-state index is 0.0669. The van der Waals surface area contributed by atoms with Gasteiger partial charge in [0.1, 0.15) is 5.56 Å². The third-order valence-corrected chi connectivity index (χ3v) is 4.40. The molecule has 0 aliphatic rings. The van der Waals surface area contributed by atoms with E-state index in [0.717, 1.165) is 10.9 Å². The van der Waals surface area contributed by atoms with E-state index < -0.39 is 16.6 Å². The van der Waals surface area contributed by atoms with E-state index in [9.17, 15) is 14.9 Å². The first-order valence-corrected chi connectivity index (χ1v) is 8.94. The van der Waals surface area contributed by atoms with E-state index in [-0.39, 0.29) is 36.2 Å². The van der Waals surface area contributed by atoms with Crippen molar-refractivity contribution in [3.8, 4) is 22.2 Å². The zero-order valence-corrected chi connectivity index (χ0v) is 15.7. The average Bonchev–Trinajstić information content (AvgIpc) is 3.37. The number of nitrogens with zero attached hydrogens (tertiary/aromatic N) is 3. The topological polar surface area (TPSA) is 127 Å². The smallest absolute Gasteiger partial charge is 0.345 e. The molecule has 0 bridgehead atoms. The predicted molar refractivity (Wildman–Crippen MR) is 97.5 cm³/mol. The first-order chi connectivity index (χ1) is 13.5. The molecule has 3 aromatic rings. The van der Waals surface area contributed by atoms with E-state index in [1.807, 2.05) is 17.5 Å². The summed E-state index contributed by atoms with van der Waals surface area (Å²) in [5.74, 6) is -0.154. The Morgan fingerprint density at radius 3 is 2.82 bits per heavy atom. The summed E-state index contributed by atoms with van der Waals surface area (Å²) in [6, 6.07) is 5.99. The third-order valence-electron chi connectivity index (χ3n) is 3.53. The minimum Gasteiger partial charge on any atom is -0.493 e. The molecule has 0 atom stereocenters. The third kappa shape index (κ3) is 4.09. The highest BCUT2D eigenvalue weighted by atomic mass is 32.1. The van der Waals surface area contributed by atoms with Gasteiger partial charge in [-0.3, -0.25) is 10.1 Å². The summed E-state index contributed by atoms with van der Waals surface area (Å²) in [7, 11) is 1.36. The standard InChI is InChI=1S/C17H15N3O7S/c1-3-25-13-8-11(20(22)23)10(7-12(13)24-2)17(21)26-9-15-18-16(19-27-15)14-5-4-6-28-14/h4-8H,3,9H2,1-2H3. The number of thiophene rings is 1. The molecule has 0 saturated heterocycles. The van der Waals surface area contributed by atoms with E-state index in [0.29, 0.717) is 5.82 Å². The van der Waals surface area contributed by atoms with Crippen LogP contribution in [0.5, 0.6) is 11.5 Å². The van der Waals surface area contributed by atoms with Gasteiger partial charge in [0, 0.05) is 6.07 Å². The van der Waals surface area contributed by atoms with Gasteiger partial charge in [-0.15, -0.1) is 11.3 Å². The van der Waals surface area contributed by atoms with E-state index >= 15 is 0 Å². The fraction of sp³-hybridized carbons (Fsp3) is 0.235. The number of rotatable bonds is 8. The number of carbonyl (C=O) groups is 1. The molecule has 0 unspecified atom stereocenters. The summed E-state index contributed by atoms with van der Waals surface area (Å²) in [5.41, 5.74) is -0.734. The highest BCUT2D eigenvalue weighted by Gasteiger charge is 2.26. The van der Waals surface area contributed by atoms with Gasteiger partial charge in [-0.25, -0.2) is 4.79 Å². The van der Waals surface area contributed by atoms with Crippen LogP contribution in [0.4, 0.5) is 5.69 Å². The van der Waals surface area contributed by atoms with Gasteiger partial charge in [-0.2, -0.15) is 4.98 Å². The molecule has 0 radical (unpaired) electrons. The summed E-state index contributed by atoms with van der Waals surface area (Å²) in [6.45, 7) is 1.67. The van der Waals surface area contributed by atoms with E-state index in [1.54, 1.807) is 6.92 Å². The van der Waals surface area contributed by atoms with Crippen LogP contribution in [0.2, 0.25) is 0 Å². The normalized spacial score (nSPS) is 10.5. The average molecular weight is 405 g/mol. The Morgan fingerprint density at radius 2 is 2.18 bits per heavy atom. The molecular formula is C17H15N3O7S. The van der Waals surface area contributed by atoms with Crippen LogP contribution in [0.15, 0.2) is 34.2 Å². The van der Waals surface area contributed by atoms with Crippen molar-refractivity contribution in [2.75, 3.05) is 13.7 Å². The Balaban J connectivity index is 1.79. The summed E-state index contributed by atoms with van der Waals surface area (Å²) >= 11 is 1.43. The first kappa shape index (κ1) is 19.3. The molecule has 0 amide bonds. The molecule has 10 nitrogen and oxygen atoms in total. The van der Waals surface area contributed by atoms with E-state index in [4.69, 9.17) is 18.7 Å². The lowest BCUT2D eigenvalue weighted by Crippen LogP contribution is -2.10. The highest BCUT2D eigenvalue weighted by molar-refractivity contribution is 7.13. The molecule has 0 aliphatic heterocycles. The van der Waals surface area contributed by atoms with Crippen LogP contribution in [0, 0.1) is 10.1 Å². The second kappa shape index (κ2) is 8.48. The molecule has 11 heteroatoms. The van der Waals surface area contributed by atoms with Crippen LogP contribution in [0.25, 0.3) is 10.7 Å². The number of benzene rings is 1. The quantitative estimate of drug-likeness (QED) is 0.314. The number of carbonyl (C=O) groups excluding carboxylic acids is 1. The zero-order chi connectivity index (χ0) is 20.1. The molecule has 0 N–H and O–H groups in total. The Labute approximate surface area is 162 Å². The van der Waals surface area contributed by atoms with Crippen LogP contribution < -0.4 is 9.47 Å². The Morgan fingerprint density at radius 1 is 1.36 bits per heavy atom.